The summed E-state index contributed by atoms with van der Waals surface area (Å²) in [4.78, 5) is 24.0. The van der Waals surface area contributed by atoms with E-state index in [0.29, 0.717) is 22.7 Å². The van der Waals surface area contributed by atoms with Crippen LogP contribution >= 0.6 is 15.9 Å². The molecule has 0 radical (unpaired) electrons. The number of carbonyl (C=O) groups is 2. The largest absolute Gasteiger partial charge is 0.497 e. The Morgan fingerprint density at radius 2 is 1.88 bits per heavy atom. The lowest BCUT2D eigenvalue weighted by molar-refractivity contribution is -0.115. The average molecular weight is 404 g/mol. The van der Waals surface area contributed by atoms with E-state index in [4.69, 9.17) is 4.74 Å². The Labute approximate surface area is 154 Å². The van der Waals surface area contributed by atoms with E-state index >= 15 is 0 Å². The van der Waals surface area contributed by atoms with Gasteiger partial charge in [0.1, 0.15) is 5.75 Å². The molecule has 0 bridgehead atoms. The number of amides is 2. The monoisotopic (exact) mass is 403 g/mol. The molecule has 0 heterocycles. The van der Waals surface area contributed by atoms with Crippen LogP contribution in [0.15, 0.2) is 58.1 Å². The standard InChI is InChI=1S/C18H18BrN3O3/c1-12(10-17(23)20-15-8-6-14(19)7-9-15)21-22-18(24)13-4-3-5-16(11-13)25-2/h3-9,11H,10H2,1-2H3,(H,20,23)(H,22,24)/b21-12-. The summed E-state index contributed by atoms with van der Waals surface area (Å²) in [7, 11) is 1.53. The number of benzene rings is 2. The van der Waals surface area contributed by atoms with Gasteiger partial charge in [-0.15, -0.1) is 0 Å². The normalized spacial score (nSPS) is 10.9. The molecule has 6 nitrogen and oxygen atoms in total. The third-order valence-electron chi connectivity index (χ3n) is 3.22. The summed E-state index contributed by atoms with van der Waals surface area (Å²) in [6.07, 6.45) is 0.0778. The van der Waals surface area contributed by atoms with E-state index in [2.05, 4.69) is 31.8 Å². The van der Waals surface area contributed by atoms with Crippen molar-refractivity contribution in [3.05, 3.63) is 58.6 Å². The molecule has 0 unspecified atom stereocenters. The van der Waals surface area contributed by atoms with Gasteiger partial charge in [0.2, 0.25) is 5.91 Å². The molecule has 130 valence electrons. The van der Waals surface area contributed by atoms with Gasteiger partial charge in [-0.05, 0) is 49.4 Å². The van der Waals surface area contributed by atoms with Crippen LogP contribution < -0.4 is 15.5 Å². The number of anilines is 1. The van der Waals surface area contributed by atoms with Crippen LogP contribution in [0.3, 0.4) is 0 Å². The molecule has 0 saturated carbocycles. The van der Waals surface area contributed by atoms with Crippen LogP contribution in [-0.4, -0.2) is 24.6 Å². The van der Waals surface area contributed by atoms with Crippen molar-refractivity contribution in [1.82, 2.24) is 5.43 Å². The molecule has 2 aromatic carbocycles. The first kappa shape index (κ1) is 18.7. The predicted molar refractivity (Wildman–Crippen MR) is 101 cm³/mol. The molecule has 0 atom stereocenters. The van der Waals surface area contributed by atoms with Crippen molar-refractivity contribution in [2.45, 2.75) is 13.3 Å². The zero-order valence-corrected chi connectivity index (χ0v) is 15.5. The minimum atomic E-state index is -0.369. The fourth-order valence-corrected chi connectivity index (χ4v) is 2.25. The molecular weight excluding hydrogens is 386 g/mol. The quantitative estimate of drug-likeness (QED) is 0.571. The molecule has 2 aromatic rings. The number of ether oxygens (including phenoxy) is 1. The highest BCUT2D eigenvalue weighted by Crippen LogP contribution is 2.14. The Balaban J connectivity index is 1.88. The molecule has 25 heavy (non-hydrogen) atoms. The van der Waals surface area contributed by atoms with E-state index < -0.39 is 0 Å². The van der Waals surface area contributed by atoms with Crippen LogP contribution in [0, 0.1) is 0 Å². The summed E-state index contributed by atoms with van der Waals surface area (Å²) in [6, 6.07) is 14.0. The summed E-state index contributed by atoms with van der Waals surface area (Å²) >= 11 is 3.33. The molecule has 0 aromatic heterocycles. The molecular formula is C18H18BrN3O3. The molecule has 0 saturated heterocycles. The van der Waals surface area contributed by atoms with Crippen LogP contribution in [0.1, 0.15) is 23.7 Å². The third-order valence-corrected chi connectivity index (χ3v) is 3.75. The van der Waals surface area contributed by atoms with Crippen LogP contribution in [0.25, 0.3) is 0 Å². The summed E-state index contributed by atoms with van der Waals surface area (Å²) in [5, 5.41) is 6.72. The summed E-state index contributed by atoms with van der Waals surface area (Å²) in [5.41, 5.74) is 4.05. The van der Waals surface area contributed by atoms with Gasteiger partial charge in [-0.2, -0.15) is 5.10 Å². The van der Waals surface area contributed by atoms with Crippen LogP contribution in [0.2, 0.25) is 0 Å². The van der Waals surface area contributed by atoms with Crippen molar-refractivity contribution < 1.29 is 14.3 Å². The number of methoxy groups -OCH3 is 1. The van der Waals surface area contributed by atoms with Gasteiger partial charge in [0.05, 0.1) is 13.5 Å². The molecule has 0 aliphatic rings. The number of halogens is 1. The van der Waals surface area contributed by atoms with E-state index in [-0.39, 0.29) is 18.2 Å². The van der Waals surface area contributed by atoms with Crippen LogP contribution in [-0.2, 0) is 4.79 Å². The van der Waals surface area contributed by atoms with Crippen molar-refractivity contribution in [1.29, 1.82) is 0 Å². The number of carbonyl (C=O) groups excluding carboxylic acids is 2. The highest BCUT2D eigenvalue weighted by Gasteiger charge is 2.08. The molecule has 0 aliphatic heterocycles. The summed E-state index contributed by atoms with van der Waals surface area (Å²) < 4.78 is 6.01. The van der Waals surface area contributed by atoms with Gasteiger partial charge in [-0.25, -0.2) is 5.43 Å². The molecule has 0 fully saturated rings. The maximum Gasteiger partial charge on any atom is 0.271 e. The predicted octanol–water partition coefficient (Wildman–Crippen LogP) is 3.59. The molecule has 2 rings (SSSR count). The molecule has 2 amide bonds. The Morgan fingerprint density at radius 1 is 1.16 bits per heavy atom. The molecule has 7 heteroatoms. The van der Waals surface area contributed by atoms with Crippen LogP contribution in [0.4, 0.5) is 5.69 Å². The maximum atomic E-state index is 12.0. The Morgan fingerprint density at radius 3 is 2.56 bits per heavy atom. The number of nitrogens with one attached hydrogen (secondary N) is 2. The Hall–Kier alpha value is -2.67. The number of hydrogen-bond acceptors (Lipinski definition) is 4. The lowest BCUT2D eigenvalue weighted by atomic mass is 10.2. The van der Waals surface area contributed by atoms with Crippen molar-refractivity contribution in [2.75, 3.05) is 12.4 Å². The van der Waals surface area contributed by atoms with E-state index in [1.165, 1.54) is 7.11 Å². The first-order valence-electron chi connectivity index (χ1n) is 7.51. The maximum absolute atomic E-state index is 12.0. The number of rotatable bonds is 6. The van der Waals surface area contributed by atoms with E-state index in [1.54, 1.807) is 43.3 Å². The summed E-state index contributed by atoms with van der Waals surface area (Å²) in [6.45, 7) is 1.67. The second kappa shape index (κ2) is 8.98. The van der Waals surface area contributed by atoms with Crippen LogP contribution in [0.5, 0.6) is 5.75 Å². The van der Waals surface area contributed by atoms with E-state index in [0.717, 1.165) is 4.47 Å². The number of hydrazone groups is 1. The van der Waals surface area contributed by atoms with Crippen molar-refractivity contribution >= 4 is 39.1 Å². The highest BCUT2D eigenvalue weighted by molar-refractivity contribution is 9.10. The topological polar surface area (TPSA) is 79.8 Å². The van der Waals surface area contributed by atoms with Gasteiger partial charge in [0.25, 0.3) is 5.91 Å². The van der Waals surface area contributed by atoms with Gasteiger partial charge in [-0.3, -0.25) is 9.59 Å². The second-order valence-corrected chi connectivity index (χ2v) is 6.17. The van der Waals surface area contributed by atoms with Crippen molar-refractivity contribution in [2.24, 2.45) is 5.10 Å². The van der Waals surface area contributed by atoms with E-state index in [1.807, 2.05) is 12.1 Å². The summed E-state index contributed by atoms with van der Waals surface area (Å²) in [5.74, 6) is 0.00740. The third kappa shape index (κ3) is 6.04. The molecule has 2 N–H and O–H groups in total. The van der Waals surface area contributed by atoms with Gasteiger partial charge in [-0.1, -0.05) is 22.0 Å². The Kier molecular flexibility index (Phi) is 6.71. The lowest BCUT2D eigenvalue weighted by Crippen LogP contribution is -2.21. The zero-order valence-electron chi connectivity index (χ0n) is 13.9. The van der Waals surface area contributed by atoms with Crippen molar-refractivity contribution in [3.8, 4) is 5.75 Å². The van der Waals surface area contributed by atoms with Gasteiger partial charge >= 0.3 is 0 Å². The minimum absolute atomic E-state index is 0.0778. The first-order valence-corrected chi connectivity index (χ1v) is 8.30. The fourth-order valence-electron chi connectivity index (χ4n) is 1.99. The Bertz CT molecular complexity index is 788. The second-order valence-electron chi connectivity index (χ2n) is 5.25. The minimum Gasteiger partial charge on any atom is -0.497 e. The first-order chi connectivity index (χ1) is 12.0. The zero-order chi connectivity index (χ0) is 18.2. The smallest absolute Gasteiger partial charge is 0.271 e. The van der Waals surface area contributed by atoms with Gasteiger partial charge < -0.3 is 10.1 Å². The van der Waals surface area contributed by atoms with Gasteiger partial charge in [0, 0.05) is 21.4 Å². The highest BCUT2D eigenvalue weighted by atomic mass is 79.9. The number of hydrogen-bond donors (Lipinski definition) is 2. The van der Waals surface area contributed by atoms with Gasteiger partial charge in [0.15, 0.2) is 0 Å². The lowest BCUT2D eigenvalue weighted by Gasteiger charge is -2.06. The molecule has 0 spiro atoms. The molecule has 0 aliphatic carbocycles. The average Bonchev–Trinajstić information content (AvgIpc) is 2.61. The van der Waals surface area contributed by atoms with Crippen molar-refractivity contribution in [3.63, 3.8) is 0 Å². The van der Waals surface area contributed by atoms with E-state index in [9.17, 15) is 9.59 Å². The fraction of sp³-hybridized carbons (Fsp3) is 0.167. The number of nitrogens with zero attached hydrogens (tertiary/aromatic N) is 1. The SMILES string of the molecule is COc1cccc(C(=O)N/N=C(/C)CC(=O)Nc2ccc(Br)cc2)c1.